The third-order valence-corrected chi connectivity index (χ3v) is 3.79. The van der Waals surface area contributed by atoms with Gasteiger partial charge in [-0.1, -0.05) is 46.1 Å². The molecule has 0 atom stereocenters. The van der Waals surface area contributed by atoms with Crippen molar-refractivity contribution in [1.29, 1.82) is 0 Å². The van der Waals surface area contributed by atoms with E-state index in [0.717, 1.165) is 0 Å². The minimum Gasteiger partial charge on any atom is -0.261 e. The molecule has 1 heteroatoms. The molecule has 0 bridgehead atoms. The van der Waals surface area contributed by atoms with E-state index < -0.39 is 0 Å². The van der Waals surface area contributed by atoms with Crippen LogP contribution in [0.5, 0.6) is 0 Å². The first-order valence-corrected chi connectivity index (χ1v) is 7.05. The van der Waals surface area contributed by atoms with E-state index in [0.29, 0.717) is 0 Å². The van der Waals surface area contributed by atoms with Crippen LogP contribution >= 0.6 is 0 Å². The van der Waals surface area contributed by atoms with Gasteiger partial charge in [0.25, 0.3) is 0 Å². The highest BCUT2D eigenvalue weighted by molar-refractivity contribution is 5.30. The molecule has 1 nitrogen and oxygen atoms in total. The van der Waals surface area contributed by atoms with E-state index in [9.17, 15) is 0 Å². The molecule has 0 amide bonds. The van der Waals surface area contributed by atoms with Gasteiger partial charge < -0.3 is 0 Å². The van der Waals surface area contributed by atoms with Crippen molar-refractivity contribution in [2.75, 3.05) is 0 Å². The third kappa shape index (κ3) is 3.31. The molecule has 0 saturated carbocycles. The third-order valence-electron chi connectivity index (χ3n) is 3.79. The van der Waals surface area contributed by atoms with Crippen molar-refractivity contribution in [2.24, 2.45) is 0 Å². The highest BCUT2D eigenvalue weighted by Gasteiger charge is 2.16. The van der Waals surface area contributed by atoms with E-state index in [-0.39, 0.29) is 5.41 Å². The van der Waals surface area contributed by atoms with Crippen molar-refractivity contribution < 1.29 is 0 Å². The summed E-state index contributed by atoms with van der Waals surface area (Å²) in [5.41, 5.74) is 4.48. The first-order chi connectivity index (χ1) is 8.07. The average molecular weight is 231 g/mol. The lowest BCUT2D eigenvalue weighted by atomic mass is 9.86. The van der Waals surface area contributed by atoms with E-state index >= 15 is 0 Å². The lowest BCUT2D eigenvalue weighted by Gasteiger charge is -2.20. The Hall–Kier alpha value is -0.850. The molecule has 0 N–H and O–H groups in total. The molecule has 1 heterocycles. The first-order valence-electron chi connectivity index (χ1n) is 7.05. The monoisotopic (exact) mass is 231 g/mol. The van der Waals surface area contributed by atoms with Gasteiger partial charge in [0.2, 0.25) is 0 Å². The lowest BCUT2D eigenvalue weighted by molar-refractivity contribution is 0.584. The highest BCUT2D eigenvalue weighted by atomic mass is 14.7. The zero-order valence-electron chi connectivity index (χ0n) is 11.6. The molecule has 1 aliphatic carbocycles. The van der Waals surface area contributed by atoms with Crippen LogP contribution < -0.4 is 0 Å². The summed E-state index contributed by atoms with van der Waals surface area (Å²) in [6.07, 6.45) is 11.3. The summed E-state index contributed by atoms with van der Waals surface area (Å²) in [4.78, 5) is 4.73. The van der Waals surface area contributed by atoms with Crippen LogP contribution in [0.25, 0.3) is 0 Å². The Morgan fingerprint density at radius 2 is 1.59 bits per heavy atom. The number of hydrogen-bond donors (Lipinski definition) is 0. The van der Waals surface area contributed by atoms with Crippen molar-refractivity contribution in [3.8, 4) is 0 Å². The number of aromatic nitrogens is 1. The average Bonchev–Trinajstić information content (AvgIpc) is 2.38. The van der Waals surface area contributed by atoms with Gasteiger partial charge in [0.1, 0.15) is 0 Å². The maximum absolute atomic E-state index is 4.73. The van der Waals surface area contributed by atoms with E-state index in [1.165, 1.54) is 61.8 Å². The number of rotatable bonds is 0. The summed E-state index contributed by atoms with van der Waals surface area (Å²) >= 11 is 0. The van der Waals surface area contributed by atoms with E-state index in [4.69, 9.17) is 4.98 Å². The van der Waals surface area contributed by atoms with Gasteiger partial charge in [0.15, 0.2) is 0 Å². The summed E-state index contributed by atoms with van der Waals surface area (Å²) in [6, 6.07) is 2.41. The van der Waals surface area contributed by atoms with Crippen LogP contribution in [0, 0.1) is 0 Å². The van der Waals surface area contributed by atoms with Gasteiger partial charge in [-0.2, -0.15) is 0 Å². The number of aryl methyl sites for hydroxylation is 2. The largest absolute Gasteiger partial charge is 0.261 e. The van der Waals surface area contributed by atoms with E-state index in [1.807, 2.05) is 0 Å². The smallest absolute Gasteiger partial charge is 0.0435 e. The van der Waals surface area contributed by atoms with Gasteiger partial charge in [-0.25, -0.2) is 0 Å². The molecule has 17 heavy (non-hydrogen) atoms. The Labute approximate surface area is 106 Å². The van der Waals surface area contributed by atoms with Gasteiger partial charge in [-0.15, -0.1) is 0 Å². The molecule has 94 valence electrons. The molecule has 1 aromatic rings. The molecular formula is C16H25N. The first kappa shape index (κ1) is 12.6. The standard InChI is InChI=1S/C16H25N/c1-16(2,3)14-11-13-9-7-5-4-6-8-10-15(13)17-12-14/h11-12H,4-10H2,1-3H3. The molecule has 0 spiro atoms. The Balaban J connectivity index is 2.28. The Kier molecular flexibility index (Phi) is 3.86. The van der Waals surface area contributed by atoms with Crippen LogP contribution in [0.4, 0.5) is 0 Å². The quantitative estimate of drug-likeness (QED) is 0.643. The zero-order chi connectivity index (χ0) is 12.3. The number of fused-ring (bicyclic) bond motifs is 1. The Morgan fingerprint density at radius 3 is 2.29 bits per heavy atom. The minimum absolute atomic E-state index is 0.223. The number of hydrogen-bond acceptors (Lipinski definition) is 1. The van der Waals surface area contributed by atoms with Crippen LogP contribution in [-0.4, -0.2) is 4.98 Å². The summed E-state index contributed by atoms with van der Waals surface area (Å²) < 4.78 is 0. The predicted molar refractivity (Wildman–Crippen MR) is 73.4 cm³/mol. The molecule has 1 aromatic heterocycles. The van der Waals surface area contributed by atoms with Crippen LogP contribution in [0.15, 0.2) is 12.3 Å². The van der Waals surface area contributed by atoms with Crippen molar-refractivity contribution >= 4 is 0 Å². The SMILES string of the molecule is CC(C)(C)c1cnc2c(c1)CCCCCCC2. The van der Waals surface area contributed by atoms with Crippen LogP contribution in [0.2, 0.25) is 0 Å². The number of nitrogens with zero attached hydrogens (tertiary/aromatic N) is 1. The maximum atomic E-state index is 4.73. The van der Waals surface area contributed by atoms with Crippen molar-refractivity contribution in [3.05, 3.63) is 29.1 Å². The van der Waals surface area contributed by atoms with Gasteiger partial charge in [-0.05, 0) is 42.2 Å². The fourth-order valence-corrected chi connectivity index (χ4v) is 2.53. The fourth-order valence-electron chi connectivity index (χ4n) is 2.53. The highest BCUT2D eigenvalue weighted by Crippen LogP contribution is 2.25. The fraction of sp³-hybridized carbons (Fsp3) is 0.688. The molecule has 0 saturated heterocycles. The van der Waals surface area contributed by atoms with Gasteiger partial charge in [0, 0.05) is 11.9 Å². The molecule has 0 aromatic carbocycles. The summed E-state index contributed by atoms with van der Waals surface area (Å²) in [7, 11) is 0. The van der Waals surface area contributed by atoms with E-state index in [1.54, 1.807) is 0 Å². The van der Waals surface area contributed by atoms with Crippen LogP contribution in [0.1, 0.15) is 69.7 Å². The summed E-state index contributed by atoms with van der Waals surface area (Å²) in [5, 5.41) is 0. The summed E-state index contributed by atoms with van der Waals surface area (Å²) in [6.45, 7) is 6.81. The molecule has 0 radical (unpaired) electrons. The van der Waals surface area contributed by atoms with Crippen molar-refractivity contribution in [3.63, 3.8) is 0 Å². The van der Waals surface area contributed by atoms with Crippen molar-refractivity contribution in [1.82, 2.24) is 4.98 Å². The zero-order valence-corrected chi connectivity index (χ0v) is 11.6. The molecular weight excluding hydrogens is 206 g/mol. The van der Waals surface area contributed by atoms with Crippen LogP contribution in [0.3, 0.4) is 0 Å². The normalized spacial score (nSPS) is 17.8. The second kappa shape index (κ2) is 5.20. The maximum Gasteiger partial charge on any atom is 0.0435 e. The molecule has 0 fully saturated rings. The van der Waals surface area contributed by atoms with E-state index in [2.05, 4.69) is 33.0 Å². The van der Waals surface area contributed by atoms with Gasteiger partial charge in [-0.3, -0.25) is 4.98 Å². The second-order valence-electron chi connectivity index (χ2n) is 6.35. The Bertz CT molecular complexity index is 374. The van der Waals surface area contributed by atoms with Crippen LogP contribution in [-0.2, 0) is 18.3 Å². The predicted octanol–water partition coefficient (Wildman–Crippen LogP) is 4.43. The molecule has 0 unspecified atom stereocenters. The second-order valence-corrected chi connectivity index (χ2v) is 6.35. The summed E-state index contributed by atoms with van der Waals surface area (Å²) in [5.74, 6) is 0. The molecule has 1 aliphatic rings. The number of pyridine rings is 1. The lowest BCUT2D eigenvalue weighted by Crippen LogP contribution is -2.13. The molecule has 2 rings (SSSR count). The van der Waals surface area contributed by atoms with Crippen molar-refractivity contribution in [2.45, 2.75) is 71.1 Å². The topological polar surface area (TPSA) is 12.9 Å². The Morgan fingerprint density at radius 1 is 0.941 bits per heavy atom. The van der Waals surface area contributed by atoms with Gasteiger partial charge >= 0.3 is 0 Å². The molecule has 0 aliphatic heterocycles. The minimum atomic E-state index is 0.223. The van der Waals surface area contributed by atoms with Gasteiger partial charge in [0.05, 0.1) is 0 Å².